The number of rotatable bonds is 30. The van der Waals surface area contributed by atoms with E-state index in [4.69, 9.17) is 9.47 Å². The lowest BCUT2D eigenvalue weighted by Gasteiger charge is -2.40. The maximum absolute atomic E-state index is 12.8. The molecule has 0 aromatic heterocycles. The predicted molar refractivity (Wildman–Crippen MR) is 207 cm³/mol. The molecule has 0 saturated carbocycles. The van der Waals surface area contributed by atoms with Gasteiger partial charge in [0.2, 0.25) is 5.91 Å². The number of carbonyl (C=O) groups is 1. The summed E-state index contributed by atoms with van der Waals surface area (Å²) in [5, 5.41) is 53.5. The van der Waals surface area contributed by atoms with Crippen molar-refractivity contribution in [2.24, 2.45) is 0 Å². The number of aliphatic hydroxyl groups is 5. The number of amides is 1. The van der Waals surface area contributed by atoms with E-state index in [1.807, 2.05) is 6.08 Å². The summed E-state index contributed by atoms with van der Waals surface area (Å²) in [4.78, 5) is 12.8. The van der Waals surface area contributed by atoms with Crippen LogP contribution in [-0.2, 0) is 14.3 Å². The summed E-state index contributed by atoms with van der Waals surface area (Å²) in [5.74, 6) is -0.201. The highest BCUT2D eigenvalue weighted by Gasteiger charge is 2.44. The van der Waals surface area contributed by atoms with Gasteiger partial charge < -0.3 is 40.3 Å². The maximum Gasteiger partial charge on any atom is 0.220 e. The molecule has 1 saturated heterocycles. The highest BCUT2D eigenvalue weighted by molar-refractivity contribution is 5.76. The molecule has 51 heavy (non-hydrogen) atoms. The summed E-state index contributed by atoms with van der Waals surface area (Å²) < 4.78 is 11.1. The van der Waals surface area contributed by atoms with Crippen LogP contribution in [0.3, 0.4) is 0 Å². The first-order chi connectivity index (χ1) is 24.8. The van der Waals surface area contributed by atoms with Gasteiger partial charge in [0, 0.05) is 6.42 Å². The zero-order valence-corrected chi connectivity index (χ0v) is 31.6. The Bertz CT molecular complexity index is 1020. The van der Waals surface area contributed by atoms with E-state index in [-0.39, 0.29) is 12.5 Å². The summed E-state index contributed by atoms with van der Waals surface area (Å²) >= 11 is 0. The molecule has 1 aliphatic rings. The van der Waals surface area contributed by atoms with Gasteiger partial charge in [-0.15, -0.1) is 0 Å². The molecule has 6 N–H and O–H groups in total. The lowest BCUT2D eigenvalue weighted by atomic mass is 9.99. The number of allylic oxidation sites excluding steroid dienone is 11. The van der Waals surface area contributed by atoms with Crippen LogP contribution < -0.4 is 5.32 Å². The first kappa shape index (κ1) is 46.7. The molecule has 0 aliphatic carbocycles. The molecule has 292 valence electrons. The molecular formula is C42H71NO8. The normalized spacial score (nSPS) is 22.8. The lowest BCUT2D eigenvalue weighted by Crippen LogP contribution is -2.60. The highest BCUT2D eigenvalue weighted by Crippen LogP contribution is 2.22. The van der Waals surface area contributed by atoms with Gasteiger partial charge in [-0.05, 0) is 64.2 Å². The Balaban J connectivity index is 2.26. The van der Waals surface area contributed by atoms with Crippen LogP contribution in [0, 0.1) is 0 Å². The molecule has 7 atom stereocenters. The smallest absolute Gasteiger partial charge is 0.220 e. The molecule has 7 unspecified atom stereocenters. The van der Waals surface area contributed by atoms with Crippen molar-refractivity contribution in [3.05, 3.63) is 72.9 Å². The van der Waals surface area contributed by atoms with Gasteiger partial charge in [-0.1, -0.05) is 132 Å². The van der Waals surface area contributed by atoms with E-state index in [2.05, 4.69) is 79.9 Å². The van der Waals surface area contributed by atoms with Gasteiger partial charge in [0.15, 0.2) is 6.29 Å². The number of hydrogen-bond donors (Lipinski definition) is 6. The Morgan fingerprint density at radius 3 is 1.80 bits per heavy atom. The minimum absolute atomic E-state index is 0.200. The topological polar surface area (TPSA) is 149 Å². The van der Waals surface area contributed by atoms with Gasteiger partial charge >= 0.3 is 0 Å². The molecule has 1 fully saturated rings. The third-order valence-corrected chi connectivity index (χ3v) is 8.79. The van der Waals surface area contributed by atoms with E-state index >= 15 is 0 Å². The van der Waals surface area contributed by atoms with Crippen LogP contribution in [0.1, 0.15) is 129 Å². The van der Waals surface area contributed by atoms with Crippen molar-refractivity contribution in [1.29, 1.82) is 0 Å². The number of unbranched alkanes of at least 4 members (excludes halogenated alkanes) is 10. The van der Waals surface area contributed by atoms with Gasteiger partial charge in [-0.25, -0.2) is 0 Å². The molecule has 9 heteroatoms. The van der Waals surface area contributed by atoms with E-state index in [9.17, 15) is 30.3 Å². The monoisotopic (exact) mass is 718 g/mol. The Morgan fingerprint density at radius 2 is 1.22 bits per heavy atom. The number of nitrogens with one attached hydrogen (secondary N) is 1. The fraction of sp³-hybridized carbons (Fsp3) is 0.690. The zero-order chi connectivity index (χ0) is 37.4. The van der Waals surface area contributed by atoms with Crippen molar-refractivity contribution in [2.45, 2.75) is 172 Å². The molecule has 0 spiro atoms. The van der Waals surface area contributed by atoms with E-state index in [1.165, 1.54) is 19.3 Å². The molecule has 1 aliphatic heterocycles. The summed E-state index contributed by atoms with van der Waals surface area (Å²) in [5.41, 5.74) is 0. The quantitative estimate of drug-likeness (QED) is 0.0342. The third-order valence-electron chi connectivity index (χ3n) is 8.79. The van der Waals surface area contributed by atoms with Gasteiger partial charge in [-0.2, -0.15) is 0 Å². The number of ether oxygens (including phenoxy) is 2. The first-order valence-electron chi connectivity index (χ1n) is 19.7. The van der Waals surface area contributed by atoms with Crippen LogP contribution >= 0.6 is 0 Å². The second-order valence-electron chi connectivity index (χ2n) is 13.3. The first-order valence-corrected chi connectivity index (χ1v) is 19.7. The van der Waals surface area contributed by atoms with Crippen LogP contribution in [0.5, 0.6) is 0 Å². The Hall–Kier alpha value is -2.37. The predicted octanol–water partition coefficient (Wildman–Crippen LogP) is 7.05. The van der Waals surface area contributed by atoms with Crippen LogP contribution in [0.4, 0.5) is 0 Å². The lowest BCUT2D eigenvalue weighted by molar-refractivity contribution is -0.302. The minimum Gasteiger partial charge on any atom is -0.394 e. The van der Waals surface area contributed by atoms with E-state index in [0.717, 1.165) is 89.9 Å². The number of aliphatic hydroxyl groups excluding tert-OH is 5. The zero-order valence-electron chi connectivity index (χ0n) is 31.6. The number of hydrogen-bond acceptors (Lipinski definition) is 8. The van der Waals surface area contributed by atoms with Crippen LogP contribution in [0.25, 0.3) is 0 Å². The molecule has 9 nitrogen and oxygen atoms in total. The third kappa shape index (κ3) is 23.7. The van der Waals surface area contributed by atoms with Crippen molar-refractivity contribution in [2.75, 3.05) is 13.2 Å². The van der Waals surface area contributed by atoms with Crippen LogP contribution in [-0.4, -0.2) is 87.5 Å². The SMILES string of the molecule is CC/C=C\C/C=C\C/C=C\C/C=C\C/C=C\CCCCCCCCCC(=O)NC(COC1OC(CO)C(O)C(O)C1O)C(O)/C=C/CCCCC. The van der Waals surface area contributed by atoms with Crippen LogP contribution in [0.2, 0.25) is 0 Å². The summed E-state index contributed by atoms with van der Waals surface area (Å²) in [6.45, 7) is 3.50. The fourth-order valence-corrected chi connectivity index (χ4v) is 5.59. The maximum atomic E-state index is 12.8. The average Bonchev–Trinajstić information content (AvgIpc) is 3.13. The van der Waals surface area contributed by atoms with E-state index in [0.29, 0.717) is 6.42 Å². The molecule has 1 rings (SSSR count). The Labute approximate surface area is 308 Å². The van der Waals surface area contributed by atoms with Gasteiger partial charge in [0.1, 0.15) is 24.4 Å². The molecular weight excluding hydrogens is 646 g/mol. The molecule has 1 heterocycles. The van der Waals surface area contributed by atoms with Crippen molar-refractivity contribution in [1.82, 2.24) is 5.32 Å². The molecule has 0 aromatic carbocycles. The molecule has 0 aromatic rings. The van der Waals surface area contributed by atoms with Gasteiger partial charge in [0.25, 0.3) is 0 Å². The van der Waals surface area contributed by atoms with Crippen molar-refractivity contribution in [3.63, 3.8) is 0 Å². The van der Waals surface area contributed by atoms with E-state index in [1.54, 1.807) is 6.08 Å². The molecule has 0 radical (unpaired) electrons. The molecule has 0 bridgehead atoms. The average molecular weight is 718 g/mol. The summed E-state index contributed by atoms with van der Waals surface area (Å²) in [7, 11) is 0. The Kier molecular flexibility index (Phi) is 29.5. The Morgan fingerprint density at radius 1 is 0.686 bits per heavy atom. The van der Waals surface area contributed by atoms with Gasteiger partial charge in [-0.3, -0.25) is 4.79 Å². The van der Waals surface area contributed by atoms with Crippen molar-refractivity contribution >= 4 is 5.91 Å². The van der Waals surface area contributed by atoms with Crippen molar-refractivity contribution in [3.8, 4) is 0 Å². The second-order valence-corrected chi connectivity index (χ2v) is 13.3. The van der Waals surface area contributed by atoms with Crippen LogP contribution in [0.15, 0.2) is 72.9 Å². The van der Waals surface area contributed by atoms with Crippen molar-refractivity contribution < 1.29 is 39.8 Å². The van der Waals surface area contributed by atoms with Gasteiger partial charge in [0.05, 0.1) is 25.4 Å². The summed E-state index contributed by atoms with van der Waals surface area (Å²) in [6, 6.07) is -0.810. The molecule has 1 amide bonds. The minimum atomic E-state index is -1.57. The largest absolute Gasteiger partial charge is 0.394 e. The number of carbonyl (C=O) groups excluding carboxylic acids is 1. The second kappa shape index (κ2) is 32.3. The standard InChI is InChI=1S/C42H71NO8/c1-3-5-7-9-10-11-12-13-14-15-16-17-18-19-20-21-22-23-24-25-26-28-30-32-38(46)43-35(36(45)31-29-27-8-6-4-2)34-50-42-41(49)40(48)39(47)37(33-44)51-42/h5,7,10-11,13-14,16-17,19-20,29,31,35-37,39-42,44-45,47-49H,3-4,6,8-9,12,15,18,21-28,30,32-34H2,1-2H3,(H,43,46)/b7-5-,11-10-,14-13-,17-16-,20-19-,31-29+. The van der Waals surface area contributed by atoms with E-state index < -0.39 is 49.5 Å². The summed E-state index contributed by atoms with van der Waals surface area (Å²) in [6.07, 6.45) is 35.6. The highest BCUT2D eigenvalue weighted by atomic mass is 16.7. The fourth-order valence-electron chi connectivity index (χ4n) is 5.59.